The number of carbonyl (C=O) groups is 1. The third kappa shape index (κ3) is 3.69. The maximum atomic E-state index is 13.3. The number of nitrogens with zero attached hydrogens (tertiary/aromatic N) is 5. The van der Waals surface area contributed by atoms with E-state index in [4.69, 9.17) is 9.05 Å². The van der Waals surface area contributed by atoms with Gasteiger partial charge in [-0.3, -0.25) is 9.78 Å². The molecule has 1 amide bonds. The number of hydrogen-bond acceptors (Lipinski definition) is 8. The van der Waals surface area contributed by atoms with Crippen LogP contribution in [-0.2, 0) is 6.54 Å². The molecular weight excluding hydrogens is 415 g/mol. The van der Waals surface area contributed by atoms with Crippen molar-refractivity contribution >= 4 is 17.0 Å². The molecule has 0 aliphatic carbocycles. The van der Waals surface area contributed by atoms with E-state index in [1.165, 1.54) is 12.1 Å². The second-order valence-electron chi connectivity index (χ2n) is 6.94. The Morgan fingerprint density at radius 3 is 2.56 bits per heavy atom. The first-order valence-corrected chi connectivity index (χ1v) is 9.62. The zero-order valence-electron chi connectivity index (χ0n) is 16.7. The number of fused-ring (bicyclic) bond motifs is 1. The lowest BCUT2D eigenvalue weighted by Gasteiger charge is -2.07. The maximum Gasteiger partial charge on any atom is 0.259 e. The van der Waals surface area contributed by atoms with E-state index in [-0.39, 0.29) is 24.0 Å². The van der Waals surface area contributed by atoms with Crippen molar-refractivity contribution in [3.63, 3.8) is 0 Å². The van der Waals surface area contributed by atoms with Crippen LogP contribution in [0.1, 0.15) is 21.9 Å². The van der Waals surface area contributed by atoms with Crippen LogP contribution in [0.2, 0.25) is 0 Å². The Labute approximate surface area is 180 Å². The lowest BCUT2D eigenvalue weighted by Crippen LogP contribution is -2.23. The van der Waals surface area contributed by atoms with Crippen LogP contribution in [-0.4, -0.2) is 31.2 Å². The number of benzene rings is 1. The minimum atomic E-state index is -0.393. The SMILES string of the molecule is Cc1noc2nc(-c3ccc(F)cc3)cc(C(=O)NCc3nc(-c4ccncc4)no3)c12. The van der Waals surface area contributed by atoms with Gasteiger partial charge in [-0.1, -0.05) is 10.3 Å². The Hall–Kier alpha value is -4.47. The normalized spacial score (nSPS) is 11.1. The molecule has 0 fully saturated rings. The molecule has 0 radical (unpaired) electrons. The van der Waals surface area contributed by atoms with Crippen LogP contribution in [0.25, 0.3) is 33.7 Å². The number of hydrogen-bond donors (Lipinski definition) is 1. The van der Waals surface area contributed by atoms with Gasteiger partial charge in [-0.05, 0) is 49.4 Å². The van der Waals surface area contributed by atoms with Gasteiger partial charge in [0.25, 0.3) is 11.6 Å². The summed E-state index contributed by atoms with van der Waals surface area (Å²) in [6.07, 6.45) is 3.25. The van der Waals surface area contributed by atoms with Gasteiger partial charge in [0, 0.05) is 23.5 Å². The van der Waals surface area contributed by atoms with Crippen molar-refractivity contribution in [3.8, 4) is 22.6 Å². The molecule has 5 rings (SSSR count). The fraction of sp³-hybridized carbons (Fsp3) is 0.0909. The minimum absolute atomic E-state index is 0.0247. The number of aryl methyl sites for hydroxylation is 1. The number of nitrogens with one attached hydrogen (secondary N) is 1. The third-order valence-electron chi connectivity index (χ3n) is 4.81. The Morgan fingerprint density at radius 2 is 1.78 bits per heavy atom. The van der Waals surface area contributed by atoms with Gasteiger partial charge in [0.05, 0.1) is 28.9 Å². The Morgan fingerprint density at radius 1 is 1.00 bits per heavy atom. The van der Waals surface area contributed by atoms with Crippen LogP contribution in [0, 0.1) is 12.7 Å². The molecule has 0 aliphatic heterocycles. The molecule has 4 aromatic heterocycles. The van der Waals surface area contributed by atoms with Gasteiger partial charge in [-0.2, -0.15) is 4.98 Å². The summed E-state index contributed by atoms with van der Waals surface area (Å²) in [6, 6.07) is 10.9. The van der Waals surface area contributed by atoms with Crippen molar-refractivity contribution in [2.24, 2.45) is 0 Å². The molecule has 0 aliphatic rings. The largest absolute Gasteiger partial charge is 0.343 e. The molecule has 10 heteroatoms. The molecule has 1 N–H and O–H groups in total. The van der Waals surface area contributed by atoms with Crippen LogP contribution < -0.4 is 5.32 Å². The Bertz CT molecular complexity index is 1410. The number of pyridine rings is 2. The molecule has 0 unspecified atom stereocenters. The lowest BCUT2D eigenvalue weighted by atomic mass is 10.1. The van der Waals surface area contributed by atoms with E-state index in [1.807, 2.05) is 0 Å². The predicted octanol–water partition coefficient (Wildman–Crippen LogP) is 3.71. The Balaban J connectivity index is 1.42. The number of amides is 1. The highest BCUT2D eigenvalue weighted by atomic mass is 19.1. The smallest absolute Gasteiger partial charge is 0.259 e. The van der Waals surface area contributed by atoms with Crippen LogP contribution in [0.5, 0.6) is 0 Å². The second kappa shape index (κ2) is 7.99. The van der Waals surface area contributed by atoms with E-state index in [0.717, 1.165) is 5.56 Å². The van der Waals surface area contributed by atoms with Crippen molar-refractivity contribution in [1.82, 2.24) is 30.6 Å². The molecular formula is C22H15FN6O3. The molecule has 158 valence electrons. The standard InChI is InChI=1S/C22H15FN6O3/c1-12-19-16(10-17(26-22(19)32-28-12)13-2-4-15(23)5-3-13)21(30)25-11-18-27-20(29-31-18)14-6-8-24-9-7-14/h2-10H,11H2,1H3,(H,25,30). The summed E-state index contributed by atoms with van der Waals surface area (Å²) in [5.41, 5.74) is 2.91. The van der Waals surface area contributed by atoms with Crippen LogP contribution in [0.15, 0.2) is 63.9 Å². The summed E-state index contributed by atoms with van der Waals surface area (Å²) >= 11 is 0. The zero-order valence-corrected chi connectivity index (χ0v) is 16.7. The first-order valence-electron chi connectivity index (χ1n) is 9.62. The highest BCUT2D eigenvalue weighted by Crippen LogP contribution is 2.27. The molecule has 9 nitrogen and oxygen atoms in total. The van der Waals surface area contributed by atoms with E-state index in [2.05, 4.69) is 30.6 Å². The summed E-state index contributed by atoms with van der Waals surface area (Å²) in [5, 5.41) is 11.1. The Kier molecular flexibility index (Phi) is 4.86. The molecule has 1 aromatic carbocycles. The summed E-state index contributed by atoms with van der Waals surface area (Å²) in [7, 11) is 0. The molecule has 5 aromatic rings. The van der Waals surface area contributed by atoms with Gasteiger partial charge >= 0.3 is 0 Å². The predicted molar refractivity (Wildman–Crippen MR) is 111 cm³/mol. The number of carbonyl (C=O) groups excluding carboxylic acids is 1. The molecule has 0 atom stereocenters. The van der Waals surface area contributed by atoms with Crippen LogP contribution in [0.3, 0.4) is 0 Å². The number of aromatic nitrogens is 5. The summed E-state index contributed by atoms with van der Waals surface area (Å²) < 4.78 is 23.8. The molecule has 0 bridgehead atoms. The van der Waals surface area contributed by atoms with Crippen molar-refractivity contribution in [3.05, 3.63) is 77.8 Å². The summed E-state index contributed by atoms with van der Waals surface area (Å²) in [4.78, 5) is 25.7. The van der Waals surface area contributed by atoms with Gasteiger partial charge in [0.2, 0.25) is 11.7 Å². The maximum absolute atomic E-state index is 13.3. The van der Waals surface area contributed by atoms with Gasteiger partial charge in [-0.15, -0.1) is 0 Å². The van der Waals surface area contributed by atoms with E-state index in [1.54, 1.807) is 49.6 Å². The lowest BCUT2D eigenvalue weighted by molar-refractivity contribution is 0.0948. The molecule has 4 heterocycles. The molecule has 0 saturated carbocycles. The van der Waals surface area contributed by atoms with Gasteiger partial charge < -0.3 is 14.4 Å². The molecule has 0 saturated heterocycles. The highest BCUT2D eigenvalue weighted by molar-refractivity contribution is 6.06. The first kappa shape index (κ1) is 19.5. The molecule has 32 heavy (non-hydrogen) atoms. The van der Waals surface area contributed by atoms with Crippen molar-refractivity contribution in [1.29, 1.82) is 0 Å². The number of halogens is 1. The monoisotopic (exact) mass is 430 g/mol. The summed E-state index contributed by atoms with van der Waals surface area (Å²) in [5.74, 6) is -0.114. The van der Waals surface area contributed by atoms with Crippen molar-refractivity contribution < 1.29 is 18.2 Å². The fourth-order valence-corrected chi connectivity index (χ4v) is 3.24. The first-order chi connectivity index (χ1) is 15.6. The quantitative estimate of drug-likeness (QED) is 0.448. The highest BCUT2D eigenvalue weighted by Gasteiger charge is 2.20. The second-order valence-corrected chi connectivity index (χ2v) is 6.94. The topological polar surface area (TPSA) is 120 Å². The van der Waals surface area contributed by atoms with E-state index >= 15 is 0 Å². The van der Waals surface area contributed by atoms with E-state index in [9.17, 15) is 9.18 Å². The van der Waals surface area contributed by atoms with E-state index < -0.39 is 5.91 Å². The van der Waals surface area contributed by atoms with Gasteiger partial charge in [0.15, 0.2) is 0 Å². The van der Waals surface area contributed by atoms with Gasteiger partial charge in [0.1, 0.15) is 5.82 Å². The average molecular weight is 430 g/mol. The summed E-state index contributed by atoms with van der Waals surface area (Å²) in [6.45, 7) is 1.75. The van der Waals surface area contributed by atoms with Crippen molar-refractivity contribution in [2.45, 2.75) is 13.5 Å². The fourth-order valence-electron chi connectivity index (χ4n) is 3.24. The van der Waals surface area contributed by atoms with Crippen LogP contribution >= 0.6 is 0 Å². The minimum Gasteiger partial charge on any atom is -0.343 e. The zero-order chi connectivity index (χ0) is 22.1. The average Bonchev–Trinajstić information content (AvgIpc) is 3.45. The van der Waals surface area contributed by atoms with Gasteiger partial charge in [-0.25, -0.2) is 9.37 Å². The molecule has 0 spiro atoms. The third-order valence-corrected chi connectivity index (χ3v) is 4.81. The van der Waals surface area contributed by atoms with Crippen LogP contribution in [0.4, 0.5) is 4.39 Å². The van der Waals surface area contributed by atoms with Crippen molar-refractivity contribution in [2.75, 3.05) is 0 Å². The number of rotatable bonds is 5. The van der Waals surface area contributed by atoms with E-state index in [0.29, 0.717) is 33.7 Å².